The summed E-state index contributed by atoms with van der Waals surface area (Å²) in [7, 11) is 0. The van der Waals surface area contributed by atoms with E-state index in [1.54, 1.807) is 6.07 Å². The summed E-state index contributed by atoms with van der Waals surface area (Å²) in [4.78, 5) is 0. The second kappa shape index (κ2) is 5.67. The summed E-state index contributed by atoms with van der Waals surface area (Å²) in [5.74, 6) is -0.160. The summed E-state index contributed by atoms with van der Waals surface area (Å²) in [5, 5.41) is 3.32. The number of rotatable bonds is 2. The second-order valence-electron chi connectivity index (χ2n) is 4.46. The molecule has 0 saturated heterocycles. The van der Waals surface area contributed by atoms with Crippen LogP contribution in [0.4, 0.5) is 10.1 Å². The molecule has 0 heterocycles. The summed E-state index contributed by atoms with van der Waals surface area (Å²) in [6.07, 6.45) is 7.47. The zero-order valence-corrected chi connectivity index (χ0v) is 10.9. The van der Waals surface area contributed by atoms with Gasteiger partial charge in [0.15, 0.2) is 0 Å². The lowest BCUT2D eigenvalue weighted by Gasteiger charge is -2.18. The molecule has 0 atom stereocenters. The summed E-state index contributed by atoms with van der Waals surface area (Å²) in [6.45, 7) is 0. The van der Waals surface area contributed by atoms with Gasteiger partial charge in [0.05, 0.1) is 5.69 Å². The lowest BCUT2D eigenvalue weighted by Crippen LogP contribution is -2.18. The van der Waals surface area contributed by atoms with Crippen molar-refractivity contribution in [2.24, 2.45) is 0 Å². The molecule has 0 radical (unpaired) electrons. The standard InChI is InChI=1S/C13H17BrFN/c14-10-7-8-12(15)13(9-10)16-11-5-3-1-2-4-6-11/h7-9,11,16H,1-6H2. The largest absolute Gasteiger partial charge is 0.380 e. The summed E-state index contributed by atoms with van der Waals surface area (Å²) < 4.78 is 14.5. The molecule has 88 valence electrons. The van der Waals surface area contributed by atoms with Gasteiger partial charge in [-0.15, -0.1) is 0 Å². The van der Waals surface area contributed by atoms with Crippen LogP contribution in [0.15, 0.2) is 22.7 Å². The predicted molar refractivity (Wildman–Crippen MR) is 69.2 cm³/mol. The molecule has 1 aliphatic rings. The fourth-order valence-corrected chi connectivity index (χ4v) is 2.61. The Morgan fingerprint density at radius 3 is 2.50 bits per heavy atom. The van der Waals surface area contributed by atoms with Crippen molar-refractivity contribution in [3.05, 3.63) is 28.5 Å². The summed E-state index contributed by atoms with van der Waals surface area (Å²) in [5.41, 5.74) is 0.626. The quantitative estimate of drug-likeness (QED) is 0.775. The Morgan fingerprint density at radius 2 is 1.81 bits per heavy atom. The third kappa shape index (κ3) is 3.21. The maximum absolute atomic E-state index is 13.5. The molecule has 1 nitrogen and oxygen atoms in total. The molecule has 0 bridgehead atoms. The number of nitrogens with one attached hydrogen (secondary N) is 1. The Bertz CT molecular complexity index is 346. The molecule has 2 rings (SSSR count). The third-order valence-corrected chi connectivity index (χ3v) is 3.64. The summed E-state index contributed by atoms with van der Waals surface area (Å²) in [6, 6.07) is 5.49. The molecular formula is C13H17BrFN. The van der Waals surface area contributed by atoms with Crippen LogP contribution in [0.3, 0.4) is 0 Å². The first-order valence-electron chi connectivity index (χ1n) is 5.97. The second-order valence-corrected chi connectivity index (χ2v) is 5.37. The molecule has 0 unspecified atom stereocenters. The highest BCUT2D eigenvalue weighted by Gasteiger charge is 2.13. The fourth-order valence-electron chi connectivity index (χ4n) is 2.25. The van der Waals surface area contributed by atoms with Crippen LogP contribution in [0.5, 0.6) is 0 Å². The molecule has 1 fully saturated rings. The van der Waals surface area contributed by atoms with Crippen LogP contribution in [0.1, 0.15) is 38.5 Å². The molecule has 0 aliphatic heterocycles. The van der Waals surface area contributed by atoms with E-state index < -0.39 is 0 Å². The van der Waals surface area contributed by atoms with E-state index >= 15 is 0 Å². The van der Waals surface area contributed by atoms with Gasteiger partial charge in [-0.2, -0.15) is 0 Å². The molecule has 0 aromatic heterocycles. The van der Waals surface area contributed by atoms with Crippen LogP contribution in [0.25, 0.3) is 0 Å². The Kier molecular flexibility index (Phi) is 4.22. The van der Waals surface area contributed by atoms with Crippen LogP contribution in [0.2, 0.25) is 0 Å². The molecule has 1 aromatic carbocycles. The van der Waals surface area contributed by atoms with E-state index in [-0.39, 0.29) is 5.82 Å². The van der Waals surface area contributed by atoms with Crippen molar-refractivity contribution >= 4 is 21.6 Å². The minimum atomic E-state index is -0.160. The number of halogens is 2. The lowest BCUT2D eigenvalue weighted by atomic mass is 10.1. The molecule has 1 N–H and O–H groups in total. The minimum Gasteiger partial charge on any atom is -0.380 e. The molecule has 3 heteroatoms. The third-order valence-electron chi connectivity index (χ3n) is 3.14. The summed E-state index contributed by atoms with van der Waals surface area (Å²) >= 11 is 3.37. The molecule has 0 amide bonds. The van der Waals surface area contributed by atoms with Crippen LogP contribution >= 0.6 is 15.9 Å². The maximum Gasteiger partial charge on any atom is 0.146 e. The van der Waals surface area contributed by atoms with Crippen molar-refractivity contribution in [2.45, 2.75) is 44.6 Å². The van der Waals surface area contributed by atoms with Gasteiger partial charge in [-0.3, -0.25) is 0 Å². The van der Waals surface area contributed by atoms with Crippen LogP contribution in [0, 0.1) is 5.82 Å². The Hall–Kier alpha value is -0.570. The smallest absolute Gasteiger partial charge is 0.146 e. The number of benzene rings is 1. The van der Waals surface area contributed by atoms with E-state index in [9.17, 15) is 4.39 Å². The van der Waals surface area contributed by atoms with E-state index in [0.29, 0.717) is 11.7 Å². The first-order valence-corrected chi connectivity index (χ1v) is 6.76. The average molecular weight is 286 g/mol. The highest BCUT2D eigenvalue weighted by molar-refractivity contribution is 9.10. The lowest BCUT2D eigenvalue weighted by molar-refractivity contribution is 0.597. The van der Waals surface area contributed by atoms with Crippen LogP contribution < -0.4 is 5.32 Å². The van der Waals surface area contributed by atoms with Crippen molar-refractivity contribution in [3.8, 4) is 0 Å². The SMILES string of the molecule is Fc1ccc(Br)cc1NC1CCCCCC1. The zero-order valence-electron chi connectivity index (χ0n) is 9.31. The van der Waals surface area contributed by atoms with Crippen molar-refractivity contribution in [1.29, 1.82) is 0 Å². The maximum atomic E-state index is 13.5. The first kappa shape index (κ1) is 11.9. The number of hydrogen-bond donors (Lipinski definition) is 1. The van der Waals surface area contributed by atoms with E-state index in [1.807, 2.05) is 6.07 Å². The molecular weight excluding hydrogens is 269 g/mol. The number of anilines is 1. The van der Waals surface area contributed by atoms with Gasteiger partial charge in [0.2, 0.25) is 0 Å². The molecule has 1 aromatic rings. The Balaban J connectivity index is 2.04. The van der Waals surface area contributed by atoms with E-state index in [0.717, 1.165) is 17.3 Å². The van der Waals surface area contributed by atoms with E-state index in [2.05, 4.69) is 21.2 Å². The van der Waals surface area contributed by atoms with Crippen molar-refractivity contribution in [3.63, 3.8) is 0 Å². The van der Waals surface area contributed by atoms with Crippen molar-refractivity contribution in [1.82, 2.24) is 0 Å². The van der Waals surface area contributed by atoms with Crippen LogP contribution in [-0.2, 0) is 0 Å². The highest BCUT2D eigenvalue weighted by atomic mass is 79.9. The van der Waals surface area contributed by atoms with E-state index in [1.165, 1.54) is 31.7 Å². The van der Waals surface area contributed by atoms with Gasteiger partial charge in [-0.25, -0.2) is 4.39 Å². The van der Waals surface area contributed by atoms with Crippen LogP contribution in [-0.4, -0.2) is 6.04 Å². The normalized spacial score (nSPS) is 18.1. The van der Waals surface area contributed by atoms with Gasteiger partial charge in [0.25, 0.3) is 0 Å². The topological polar surface area (TPSA) is 12.0 Å². The molecule has 0 spiro atoms. The fraction of sp³-hybridized carbons (Fsp3) is 0.538. The molecule has 1 saturated carbocycles. The molecule has 1 aliphatic carbocycles. The Morgan fingerprint density at radius 1 is 1.12 bits per heavy atom. The van der Waals surface area contributed by atoms with Crippen molar-refractivity contribution < 1.29 is 4.39 Å². The Labute approximate surface area is 105 Å². The van der Waals surface area contributed by atoms with Crippen molar-refractivity contribution in [2.75, 3.05) is 5.32 Å². The van der Waals surface area contributed by atoms with Gasteiger partial charge in [0, 0.05) is 10.5 Å². The molecule has 16 heavy (non-hydrogen) atoms. The monoisotopic (exact) mass is 285 g/mol. The highest BCUT2D eigenvalue weighted by Crippen LogP contribution is 2.25. The number of hydrogen-bond acceptors (Lipinski definition) is 1. The van der Waals surface area contributed by atoms with Gasteiger partial charge in [-0.1, -0.05) is 41.6 Å². The predicted octanol–water partition coefficient (Wildman–Crippen LogP) is 4.72. The minimum absolute atomic E-state index is 0.160. The van der Waals surface area contributed by atoms with Gasteiger partial charge < -0.3 is 5.32 Å². The van der Waals surface area contributed by atoms with Gasteiger partial charge in [0.1, 0.15) is 5.82 Å². The average Bonchev–Trinajstić information content (AvgIpc) is 2.52. The zero-order chi connectivity index (χ0) is 11.4. The van der Waals surface area contributed by atoms with Gasteiger partial charge >= 0.3 is 0 Å². The first-order chi connectivity index (χ1) is 7.75. The van der Waals surface area contributed by atoms with Gasteiger partial charge in [-0.05, 0) is 31.0 Å². The van der Waals surface area contributed by atoms with E-state index in [4.69, 9.17) is 0 Å².